The summed E-state index contributed by atoms with van der Waals surface area (Å²) in [6, 6.07) is 6.86. The lowest BCUT2D eigenvalue weighted by Gasteiger charge is -2.19. The van der Waals surface area contributed by atoms with Gasteiger partial charge < -0.3 is 16.2 Å². The predicted octanol–water partition coefficient (Wildman–Crippen LogP) is 1.04. The molecule has 0 heterocycles. The van der Waals surface area contributed by atoms with Crippen LogP contribution in [0.2, 0.25) is 0 Å². The van der Waals surface area contributed by atoms with Crippen molar-refractivity contribution in [1.29, 1.82) is 0 Å². The molecule has 104 valence electrons. The Morgan fingerprint density at radius 2 is 1.95 bits per heavy atom. The molecule has 19 heavy (non-hydrogen) atoms. The zero-order valence-electron chi connectivity index (χ0n) is 10.3. The van der Waals surface area contributed by atoms with Gasteiger partial charge in [0.15, 0.2) is 0 Å². The molecule has 4 nitrogen and oxygen atoms in total. The van der Waals surface area contributed by atoms with Gasteiger partial charge in [0.05, 0.1) is 12.0 Å². The van der Waals surface area contributed by atoms with Crippen LogP contribution in [-0.4, -0.2) is 30.1 Å². The van der Waals surface area contributed by atoms with Crippen LogP contribution in [0.4, 0.5) is 14.5 Å². The zero-order valence-corrected chi connectivity index (χ0v) is 10.3. The summed E-state index contributed by atoms with van der Waals surface area (Å²) in [6.07, 6.45) is 1.26. The highest BCUT2D eigenvalue weighted by Gasteiger charge is 2.51. The Bertz CT molecular complexity index is 470. The van der Waals surface area contributed by atoms with Crippen molar-refractivity contribution in [3.05, 3.63) is 29.8 Å². The van der Waals surface area contributed by atoms with Crippen LogP contribution in [0.1, 0.15) is 18.4 Å². The number of benzene rings is 1. The molecule has 1 aliphatic carbocycles. The van der Waals surface area contributed by atoms with Crippen LogP contribution in [0.15, 0.2) is 24.3 Å². The number of anilines is 1. The summed E-state index contributed by atoms with van der Waals surface area (Å²) < 4.78 is 25.8. The molecule has 1 amide bonds. The molecule has 2 rings (SSSR count). The van der Waals surface area contributed by atoms with E-state index in [-0.39, 0.29) is 0 Å². The van der Waals surface area contributed by atoms with E-state index >= 15 is 0 Å². The average Bonchev–Trinajstić information content (AvgIpc) is 3.18. The van der Waals surface area contributed by atoms with Gasteiger partial charge in [0.1, 0.15) is 6.61 Å². The van der Waals surface area contributed by atoms with Crippen molar-refractivity contribution < 1.29 is 18.7 Å². The van der Waals surface area contributed by atoms with Crippen LogP contribution < -0.4 is 11.1 Å². The molecule has 4 N–H and O–H groups in total. The maximum atomic E-state index is 12.9. The third-order valence-corrected chi connectivity index (χ3v) is 3.39. The summed E-state index contributed by atoms with van der Waals surface area (Å²) >= 11 is 0. The molecular formula is C13H16F2N2O2. The van der Waals surface area contributed by atoms with Crippen molar-refractivity contribution in [2.24, 2.45) is 0 Å². The van der Waals surface area contributed by atoms with Gasteiger partial charge in [-0.15, -0.1) is 0 Å². The summed E-state index contributed by atoms with van der Waals surface area (Å²) in [5, 5.41) is 10.7. The summed E-state index contributed by atoms with van der Waals surface area (Å²) in [5.74, 6) is -3.71. The zero-order chi connectivity index (χ0) is 14.1. The quantitative estimate of drug-likeness (QED) is 0.700. The second-order valence-electron chi connectivity index (χ2n) is 4.90. The van der Waals surface area contributed by atoms with E-state index in [4.69, 9.17) is 10.8 Å². The summed E-state index contributed by atoms with van der Waals surface area (Å²) in [4.78, 5) is 12.0. The highest BCUT2D eigenvalue weighted by Crippen LogP contribution is 2.48. The molecule has 6 heteroatoms. The third kappa shape index (κ3) is 2.84. The summed E-state index contributed by atoms with van der Waals surface area (Å²) in [6.45, 7) is -2.12. The van der Waals surface area contributed by atoms with Crippen LogP contribution in [0.25, 0.3) is 0 Å². The number of aliphatic hydroxyl groups excluding tert-OH is 1. The Kier molecular flexibility index (Phi) is 3.45. The topological polar surface area (TPSA) is 75.4 Å². The van der Waals surface area contributed by atoms with E-state index in [1.165, 1.54) is 0 Å². The van der Waals surface area contributed by atoms with Crippen LogP contribution in [0.3, 0.4) is 0 Å². The number of rotatable bonds is 5. The lowest BCUT2D eigenvalue weighted by molar-refractivity contribution is -0.126. The van der Waals surface area contributed by atoms with Crippen LogP contribution in [0, 0.1) is 0 Å². The van der Waals surface area contributed by atoms with Gasteiger partial charge >= 0.3 is 0 Å². The number of nitrogens with one attached hydrogen (secondary N) is 1. The fourth-order valence-corrected chi connectivity index (χ4v) is 2.01. The van der Waals surface area contributed by atoms with Crippen molar-refractivity contribution >= 4 is 11.6 Å². The fourth-order valence-electron chi connectivity index (χ4n) is 2.01. The average molecular weight is 270 g/mol. The molecule has 0 aromatic heterocycles. The largest absolute Gasteiger partial charge is 0.399 e. The Morgan fingerprint density at radius 1 is 1.37 bits per heavy atom. The Hall–Kier alpha value is -1.69. The Labute approximate surface area is 109 Å². The molecule has 0 saturated heterocycles. The first-order valence-electron chi connectivity index (χ1n) is 6.03. The van der Waals surface area contributed by atoms with Gasteiger partial charge in [0.2, 0.25) is 5.91 Å². The van der Waals surface area contributed by atoms with E-state index in [0.717, 1.165) is 5.56 Å². The number of amides is 1. The first kappa shape index (κ1) is 13.7. The molecule has 1 aliphatic rings. The maximum absolute atomic E-state index is 12.9. The highest BCUT2D eigenvalue weighted by atomic mass is 19.3. The number of nitrogen functional groups attached to an aromatic ring is 1. The second kappa shape index (κ2) is 4.77. The number of carbonyl (C=O) groups excluding carboxylic acids is 1. The molecule has 0 bridgehead atoms. The summed E-state index contributed by atoms with van der Waals surface area (Å²) in [7, 11) is 0. The van der Waals surface area contributed by atoms with Gasteiger partial charge in [0.25, 0.3) is 5.92 Å². The van der Waals surface area contributed by atoms with Crippen molar-refractivity contribution in [2.45, 2.75) is 24.2 Å². The molecule has 0 spiro atoms. The van der Waals surface area contributed by atoms with Crippen molar-refractivity contribution in [3.63, 3.8) is 0 Å². The van der Waals surface area contributed by atoms with E-state index in [2.05, 4.69) is 5.32 Å². The minimum atomic E-state index is -3.28. The Morgan fingerprint density at radius 3 is 2.42 bits per heavy atom. The fraction of sp³-hybridized carbons (Fsp3) is 0.462. The number of alkyl halides is 2. The van der Waals surface area contributed by atoms with Gasteiger partial charge in [-0.3, -0.25) is 4.79 Å². The second-order valence-corrected chi connectivity index (χ2v) is 4.90. The van der Waals surface area contributed by atoms with E-state index < -0.39 is 30.4 Å². The number of hydrogen-bond acceptors (Lipinski definition) is 3. The van der Waals surface area contributed by atoms with Gasteiger partial charge in [-0.2, -0.15) is 0 Å². The van der Waals surface area contributed by atoms with Crippen molar-refractivity contribution in [2.75, 3.05) is 18.9 Å². The van der Waals surface area contributed by atoms with E-state index in [9.17, 15) is 13.6 Å². The van der Waals surface area contributed by atoms with Gasteiger partial charge in [-0.1, -0.05) is 12.1 Å². The highest BCUT2D eigenvalue weighted by molar-refractivity contribution is 5.91. The molecule has 0 radical (unpaired) electrons. The lowest BCUT2D eigenvalue weighted by atomic mass is 9.94. The summed E-state index contributed by atoms with van der Waals surface area (Å²) in [5.41, 5.74) is 6.24. The molecule has 0 atom stereocenters. The molecule has 1 fully saturated rings. The number of halogens is 2. The molecule has 0 unspecified atom stereocenters. The van der Waals surface area contributed by atoms with Gasteiger partial charge in [0, 0.05) is 5.69 Å². The number of hydrogen-bond donors (Lipinski definition) is 3. The minimum Gasteiger partial charge on any atom is -0.399 e. The Balaban J connectivity index is 2.04. The molecule has 1 aromatic carbocycles. The molecular weight excluding hydrogens is 254 g/mol. The minimum absolute atomic E-state index is 0.426. The third-order valence-electron chi connectivity index (χ3n) is 3.39. The normalized spacial score (nSPS) is 17.0. The number of carbonyl (C=O) groups is 1. The van der Waals surface area contributed by atoms with E-state index in [1.807, 2.05) is 0 Å². The number of nitrogens with two attached hydrogens (primary N) is 1. The van der Waals surface area contributed by atoms with Crippen molar-refractivity contribution in [3.8, 4) is 0 Å². The maximum Gasteiger partial charge on any atom is 0.287 e. The van der Waals surface area contributed by atoms with Crippen LogP contribution >= 0.6 is 0 Å². The van der Waals surface area contributed by atoms with Gasteiger partial charge in [-0.05, 0) is 30.5 Å². The van der Waals surface area contributed by atoms with Gasteiger partial charge in [-0.25, -0.2) is 8.78 Å². The molecule has 0 aliphatic heterocycles. The van der Waals surface area contributed by atoms with Crippen molar-refractivity contribution in [1.82, 2.24) is 5.32 Å². The van der Waals surface area contributed by atoms with E-state index in [1.54, 1.807) is 24.3 Å². The predicted molar refractivity (Wildman–Crippen MR) is 66.8 cm³/mol. The monoisotopic (exact) mass is 270 g/mol. The molecule has 1 saturated carbocycles. The van der Waals surface area contributed by atoms with Crippen LogP contribution in [0.5, 0.6) is 0 Å². The SMILES string of the molecule is Nc1ccc(C2(C(=O)NCC(F)(F)CO)CC2)cc1. The van der Waals surface area contributed by atoms with Crippen LogP contribution in [-0.2, 0) is 10.2 Å². The first-order chi connectivity index (χ1) is 8.89. The van der Waals surface area contributed by atoms with E-state index in [0.29, 0.717) is 18.5 Å². The lowest BCUT2D eigenvalue weighted by Crippen LogP contribution is -2.43. The first-order valence-corrected chi connectivity index (χ1v) is 6.03. The number of aliphatic hydroxyl groups is 1. The molecule has 1 aromatic rings. The standard InChI is InChI=1S/C13H16F2N2O2/c14-13(15,8-18)7-17-11(19)12(5-6-12)9-1-3-10(16)4-2-9/h1-4,18H,5-8,16H2,(H,17,19). The smallest absolute Gasteiger partial charge is 0.287 e.